The molecule has 0 aliphatic carbocycles. The summed E-state index contributed by atoms with van der Waals surface area (Å²) in [7, 11) is 1.85. The number of nitrogens with zero attached hydrogens (tertiary/aromatic N) is 4. The van der Waals surface area contributed by atoms with Gasteiger partial charge in [0.25, 0.3) is 0 Å². The molecule has 3 aromatic rings. The van der Waals surface area contributed by atoms with Crippen molar-refractivity contribution < 1.29 is 4.79 Å². The molecule has 0 fully saturated rings. The highest BCUT2D eigenvalue weighted by Crippen LogP contribution is 2.22. The minimum atomic E-state index is -0.00549. The van der Waals surface area contributed by atoms with E-state index in [4.69, 9.17) is 11.6 Å². The van der Waals surface area contributed by atoms with Crippen LogP contribution >= 0.6 is 23.4 Å². The van der Waals surface area contributed by atoms with E-state index in [0.29, 0.717) is 5.75 Å². The predicted octanol–water partition coefficient (Wildman–Crippen LogP) is 4.37. The van der Waals surface area contributed by atoms with E-state index >= 15 is 0 Å². The molecule has 0 aliphatic rings. The van der Waals surface area contributed by atoms with Gasteiger partial charge in [-0.05, 0) is 42.3 Å². The molecule has 7 heteroatoms. The molecule has 2 aromatic carbocycles. The van der Waals surface area contributed by atoms with E-state index < -0.39 is 0 Å². The van der Waals surface area contributed by atoms with Crippen molar-refractivity contribution in [3.63, 3.8) is 0 Å². The van der Waals surface area contributed by atoms with Gasteiger partial charge in [-0.1, -0.05) is 35.9 Å². The summed E-state index contributed by atoms with van der Waals surface area (Å²) in [6.07, 6.45) is 3.16. The monoisotopic (exact) mass is 400 g/mol. The Balaban J connectivity index is 1.54. The van der Waals surface area contributed by atoms with Crippen LogP contribution in [-0.4, -0.2) is 38.4 Å². The molecule has 0 N–H and O–H groups in total. The molecule has 5 nitrogen and oxygen atoms in total. The third kappa shape index (κ3) is 5.11. The lowest BCUT2D eigenvalue weighted by atomic mass is 10.1. The van der Waals surface area contributed by atoms with Crippen LogP contribution in [0.2, 0.25) is 5.02 Å². The average molecular weight is 401 g/mol. The Kier molecular flexibility index (Phi) is 6.53. The molecule has 140 valence electrons. The van der Waals surface area contributed by atoms with Crippen LogP contribution in [0.4, 0.5) is 0 Å². The van der Waals surface area contributed by atoms with Crippen molar-refractivity contribution in [2.24, 2.45) is 0 Å². The van der Waals surface area contributed by atoms with E-state index in [2.05, 4.69) is 10.1 Å². The second-order valence-electron chi connectivity index (χ2n) is 6.23. The van der Waals surface area contributed by atoms with E-state index in [9.17, 15) is 4.79 Å². The maximum atomic E-state index is 12.5. The molecule has 0 aliphatic heterocycles. The number of thioether (sulfide) groups is 1. The maximum Gasteiger partial charge on any atom is 0.232 e. The van der Waals surface area contributed by atoms with Crippen molar-refractivity contribution >= 4 is 29.3 Å². The van der Waals surface area contributed by atoms with E-state index in [1.54, 1.807) is 27.7 Å². The summed E-state index contributed by atoms with van der Waals surface area (Å²) in [6.45, 7) is 2.03. The van der Waals surface area contributed by atoms with Gasteiger partial charge in [0.05, 0.1) is 17.5 Å². The first-order chi connectivity index (χ1) is 13.0. The van der Waals surface area contributed by atoms with Crippen molar-refractivity contribution in [2.75, 3.05) is 12.8 Å². The van der Waals surface area contributed by atoms with Gasteiger partial charge in [-0.25, -0.2) is 9.67 Å². The van der Waals surface area contributed by atoms with Gasteiger partial charge in [0.1, 0.15) is 12.7 Å². The Morgan fingerprint density at radius 1 is 1.26 bits per heavy atom. The van der Waals surface area contributed by atoms with Crippen molar-refractivity contribution in [2.45, 2.75) is 18.7 Å². The smallest absolute Gasteiger partial charge is 0.232 e. The van der Waals surface area contributed by atoms with Crippen molar-refractivity contribution in [3.05, 3.63) is 77.3 Å². The molecule has 27 heavy (non-hydrogen) atoms. The van der Waals surface area contributed by atoms with E-state index in [-0.39, 0.29) is 11.9 Å². The number of carbonyl (C=O) groups excluding carboxylic acids is 1. The summed E-state index contributed by atoms with van der Waals surface area (Å²) in [6, 6.07) is 15.7. The number of aromatic nitrogens is 3. The largest absolute Gasteiger partial charge is 0.338 e. The van der Waals surface area contributed by atoms with Crippen LogP contribution in [-0.2, 0) is 10.5 Å². The fourth-order valence-corrected chi connectivity index (χ4v) is 3.78. The molecule has 1 amide bonds. The third-order valence-corrected chi connectivity index (χ3v) is 5.64. The predicted molar refractivity (Wildman–Crippen MR) is 110 cm³/mol. The van der Waals surface area contributed by atoms with Gasteiger partial charge in [-0.2, -0.15) is 5.10 Å². The zero-order chi connectivity index (χ0) is 19.2. The zero-order valence-electron chi connectivity index (χ0n) is 15.2. The molecule has 3 rings (SSSR count). The summed E-state index contributed by atoms with van der Waals surface area (Å²) in [4.78, 5) is 18.3. The lowest BCUT2D eigenvalue weighted by molar-refractivity contribution is -0.128. The summed E-state index contributed by atoms with van der Waals surface area (Å²) >= 11 is 7.59. The molecule has 0 radical (unpaired) electrons. The molecule has 1 unspecified atom stereocenters. The molecule has 0 spiro atoms. The van der Waals surface area contributed by atoms with Gasteiger partial charge in [0.15, 0.2) is 0 Å². The van der Waals surface area contributed by atoms with Crippen LogP contribution in [0.25, 0.3) is 5.69 Å². The lowest BCUT2D eigenvalue weighted by Crippen LogP contribution is -2.31. The number of hydrogen-bond acceptors (Lipinski definition) is 4. The van der Waals surface area contributed by atoms with Crippen LogP contribution < -0.4 is 0 Å². The zero-order valence-corrected chi connectivity index (χ0v) is 16.8. The number of rotatable bonds is 7. The molecular weight excluding hydrogens is 380 g/mol. The Morgan fingerprint density at radius 3 is 2.70 bits per heavy atom. The number of benzene rings is 2. The molecule has 0 saturated carbocycles. The first-order valence-corrected chi connectivity index (χ1v) is 10.1. The summed E-state index contributed by atoms with van der Waals surface area (Å²) in [5, 5.41) is 4.84. The van der Waals surface area contributed by atoms with Gasteiger partial charge in [0, 0.05) is 17.8 Å². The van der Waals surface area contributed by atoms with E-state index in [1.807, 2.05) is 62.5 Å². The van der Waals surface area contributed by atoms with Gasteiger partial charge in [-0.3, -0.25) is 4.79 Å². The van der Waals surface area contributed by atoms with Crippen LogP contribution in [0, 0.1) is 0 Å². The molecule has 1 aromatic heterocycles. The number of amides is 1. The summed E-state index contributed by atoms with van der Waals surface area (Å²) in [5.74, 6) is 1.31. The van der Waals surface area contributed by atoms with Crippen LogP contribution in [0.3, 0.4) is 0 Å². The van der Waals surface area contributed by atoms with Crippen molar-refractivity contribution in [3.8, 4) is 5.69 Å². The van der Waals surface area contributed by atoms with Gasteiger partial charge in [-0.15, -0.1) is 11.8 Å². The Bertz CT molecular complexity index is 883. The fourth-order valence-electron chi connectivity index (χ4n) is 2.67. The second-order valence-corrected chi connectivity index (χ2v) is 7.66. The van der Waals surface area contributed by atoms with Crippen molar-refractivity contribution in [1.82, 2.24) is 19.7 Å². The summed E-state index contributed by atoms with van der Waals surface area (Å²) in [5.41, 5.74) is 3.14. The topological polar surface area (TPSA) is 51.0 Å². The highest BCUT2D eigenvalue weighted by Gasteiger charge is 2.17. The maximum absolute atomic E-state index is 12.5. The third-order valence-electron chi connectivity index (χ3n) is 4.42. The SMILES string of the molecule is CC(c1ccc(-n2cncn2)cc1)N(C)C(=O)CSCc1cccc(Cl)c1. The fraction of sp³-hybridized carbons (Fsp3) is 0.250. The molecular formula is C20H21ClN4OS. The molecule has 1 heterocycles. The lowest BCUT2D eigenvalue weighted by Gasteiger charge is -2.25. The van der Waals surface area contributed by atoms with Crippen LogP contribution in [0.15, 0.2) is 61.2 Å². The van der Waals surface area contributed by atoms with E-state index in [1.165, 1.54) is 6.33 Å². The molecule has 0 bridgehead atoms. The van der Waals surface area contributed by atoms with Gasteiger partial charge in [0.2, 0.25) is 5.91 Å². The van der Waals surface area contributed by atoms with E-state index in [0.717, 1.165) is 27.6 Å². The Morgan fingerprint density at radius 2 is 2.04 bits per heavy atom. The highest BCUT2D eigenvalue weighted by molar-refractivity contribution is 7.99. The minimum Gasteiger partial charge on any atom is -0.338 e. The number of hydrogen-bond donors (Lipinski definition) is 0. The first-order valence-electron chi connectivity index (χ1n) is 8.57. The second kappa shape index (κ2) is 9.06. The van der Waals surface area contributed by atoms with Crippen LogP contribution in [0.5, 0.6) is 0 Å². The molecule has 0 saturated heterocycles. The Hall–Kier alpha value is -2.31. The average Bonchev–Trinajstić information content (AvgIpc) is 3.22. The highest BCUT2D eigenvalue weighted by atomic mass is 35.5. The Labute approximate surface area is 168 Å². The van der Waals surface area contributed by atoms with Crippen molar-refractivity contribution in [1.29, 1.82) is 0 Å². The normalized spacial score (nSPS) is 12.0. The van der Waals surface area contributed by atoms with Crippen LogP contribution in [0.1, 0.15) is 24.1 Å². The van der Waals surface area contributed by atoms with Gasteiger partial charge >= 0.3 is 0 Å². The van der Waals surface area contributed by atoms with Gasteiger partial charge < -0.3 is 4.90 Å². The summed E-state index contributed by atoms with van der Waals surface area (Å²) < 4.78 is 1.70. The minimum absolute atomic E-state index is 0.00549. The number of halogens is 1. The standard InChI is InChI=1S/C20H21ClN4OS/c1-15(17-6-8-19(9-7-17)25-14-22-13-23-25)24(2)20(26)12-27-11-16-4-3-5-18(21)10-16/h3-10,13-15H,11-12H2,1-2H3. The molecule has 1 atom stereocenters. The quantitative estimate of drug-likeness (QED) is 0.590. The number of carbonyl (C=O) groups is 1. The first kappa shape index (κ1) is 19.5.